The third-order valence-corrected chi connectivity index (χ3v) is 5.83. The Morgan fingerprint density at radius 3 is 2.71 bits per heavy atom. The first-order chi connectivity index (χ1) is 9.87. The molecule has 1 heterocycles. The third-order valence-electron chi connectivity index (χ3n) is 3.92. The number of halogens is 1. The van der Waals surface area contributed by atoms with Gasteiger partial charge in [0.2, 0.25) is 10.0 Å². The maximum absolute atomic E-state index is 13.6. The molecule has 1 saturated heterocycles. The Balaban J connectivity index is 2.40. The Morgan fingerprint density at radius 2 is 2.10 bits per heavy atom. The van der Waals surface area contributed by atoms with Crippen molar-refractivity contribution in [2.75, 3.05) is 6.54 Å². The lowest BCUT2D eigenvalue weighted by atomic mass is 10.00. The van der Waals surface area contributed by atoms with Crippen LogP contribution in [0, 0.1) is 12.7 Å². The molecular formula is C15H20FNO3S. The van der Waals surface area contributed by atoms with Gasteiger partial charge in [-0.1, -0.05) is 19.4 Å². The van der Waals surface area contributed by atoms with Gasteiger partial charge in [0.05, 0.1) is 10.9 Å². The van der Waals surface area contributed by atoms with Gasteiger partial charge in [0.1, 0.15) is 5.82 Å². The second-order valence-electron chi connectivity index (χ2n) is 5.36. The SMILES string of the molecule is CCC(=O)C1CCCCN1S(=O)(=O)c1ccc(C)c(F)c1. The van der Waals surface area contributed by atoms with Crippen molar-refractivity contribution in [1.29, 1.82) is 0 Å². The molecule has 0 bridgehead atoms. The zero-order valence-electron chi connectivity index (χ0n) is 12.3. The number of nitrogens with zero attached hydrogens (tertiary/aromatic N) is 1. The van der Waals surface area contributed by atoms with E-state index in [9.17, 15) is 17.6 Å². The highest BCUT2D eigenvalue weighted by molar-refractivity contribution is 7.89. The van der Waals surface area contributed by atoms with Gasteiger partial charge in [-0.15, -0.1) is 0 Å². The van der Waals surface area contributed by atoms with E-state index in [0.29, 0.717) is 24.9 Å². The van der Waals surface area contributed by atoms with Gasteiger partial charge in [0, 0.05) is 13.0 Å². The summed E-state index contributed by atoms with van der Waals surface area (Å²) in [6, 6.07) is 3.27. The second kappa shape index (κ2) is 6.23. The van der Waals surface area contributed by atoms with Crippen molar-refractivity contribution in [2.24, 2.45) is 0 Å². The Bertz CT molecular complexity index is 642. The minimum absolute atomic E-state index is 0.0779. The minimum Gasteiger partial charge on any atom is -0.298 e. The van der Waals surface area contributed by atoms with Crippen LogP contribution in [0.25, 0.3) is 0 Å². The molecule has 2 rings (SSSR count). The number of hydrogen-bond acceptors (Lipinski definition) is 3. The van der Waals surface area contributed by atoms with E-state index in [2.05, 4.69) is 0 Å². The predicted octanol–water partition coefficient (Wildman–Crippen LogP) is 2.66. The number of carbonyl (C=O) groups is 1. The number of piperidine rings is 1. The minimum atomic E-state index is -3.83. The molecule has 1 unspecified atom stereocenters. The fourth-order valence-corrected chi connectivity index (χ4v) is 4.31. The van der Waals surface area contributed by atoms with Crippen LogP contribution in [0.15, 0.2) is 23.1 Å². The van der Waals surface area contributed by atoms with E-state index in [-0.39, 0.29) is 10.7 Å². The molecule has 116 valence electrons. The van der Waals surface area contributed by atoms with Gasteiger partial charge in [-0.05, 0) is 37.5 Å². The molecule has 0 amide bonds. The first kappa shape index (κ1) is 16.1. The highest BCUT2D eigenvalue weighted by Crippen LogP contribution is 2.27. The summed E-state index contributed by atoms with van der Waals surface area (Å²) >= 11 is 0. The Morgan fingerprint density at radius 1 is 1.38 bits per heavy atom. The maximum atomic E-state index is 13.6. The molecule has 0 spiro atoms. The van der Waals surface area contributed by atoms with Crippen LogP contribution in [-0.2, 0) is 14.8 Å². The summed E-state index contributed by atoms with van der Waals surface area (Å²) in [6.45, 7) is 3.62. The molecule has 0 aliphatic carbocycles. The molecule has 1 atom stereocenters. The number of sulfonamides is 1. The lowest BCUT2D eigenvalue weighted by Gasteiger charge is -2.33. The normalized spacial score (nSPS) is 20.4. The van der Waals surface area contributed by atoms with Gasteiger partial charge < -0.3 is 0 Å². The van der Waals surface area contributed by atoms with Crippen LogP contribution in [0.1, 0.15) is 38.2 Å². The molecule has 1 aliphatic heterocycles. The van der Waals surface area contributed by atoms with Crippen LogP contribution >= 0.6 is 0 Å². The van der Waals surface area contributed by atoms with Crippen molar-refractivity contribution in [3.8, 4) is 0 Å². The standard InChI is InChI=1S/C15H20FNO3S/c1-3-15(18)14-6-4-5-9-17(14)21(19,20)12-8-7-11(2)13(16)10-12/h7-8,10,14H,3-6,9H2,1-2H3. The molecule has 0 radical (unpaired) electrons. The van der Waals surface area contributed by atoms with Crippen molar-refractivity contribution in [3.05, 3.63) is 29.6 Å². The number of Topliss-reactive ketones (excluding diaryl/α,β-unsaturated/α-hetero) is 1. The molecule has 0 N–H and O–H groups in total. The molecule has 1 aromatic carbocycles. The summed E-state index contributed by atoms with van der Waals surface area (Å²) in [6.07, 6.45) is 2.41. The first-order valence-electron chi connectivity index (χ1n) is 7.18. The van der Waals surface area contributed by atoms with E-state index in [1.807, 2.05) is 0 Å². The smallest absolute Gasteiger partial charge is 0.243 e. The lowest BCUT2D eigenvalue weighted by Crippen LogP contribution is -2.47. The molecule has 1 fully saturated rings. The van der Waals surface area contributed by atoms with Crippen LogP contribution in [0.3, 0.4) is 0 Å². The van der Waals surface area contributed by atoms with Crippen molar-refractivity contribution in [3.63, 3.8) is 0 Å². The van der Waals surface area contributed by atoms with Crippen molar-refractivity contribution in [1.82, 2.24) is 4.31 Å². The van der Waals surface area contributed by atoms with E-state index < -0.39 is 21.9 Å². The van der Waals surface area contributed by atoms with E-state index >= 15 is 0 Å². The van der Waals surface area contributed by atoms with Crippen molar-refractivity contribution < 1.29 is 17.6 Å². The highest BCUT2D eigenvalue weighted by Gasteiger charge is 2.36. The lowest BCUT2D eigenvalue weighted by molar-refractivity contribution is -0.123. The summed E-state index contributed by atoms with van der Waals surface area (Å²) in [4.78, 5) is 11.9. The molecule has 4 nitrogen and oxygen atoms in total. The molecule has 0 saturated carbocycles. The summed E-state index contributed by atoms with van der Waals surface area (Å²) in [5.41, 5.74) is 0.397. The number of hydrogen-bond donors (Lipinski definition) is 0. The van der Waals surface area contributed by atoms with Crippen LogP contribution < -0.4 is 0 Å². The molecular weight excluding hydrogens is 293 g/mol. The van der Waals surface area contributed by atoms with Crippen molar-refractivity contribution in [2.45, 2.75) is 50.5 Å². The predicted molar refractivity (Wildman–Crippen MR) is 78.0 cm³/mol. The number of benzene rings is 1. The number of carbonyl (C=O) groups excluding carboxylic acids is 1. The number of rotatable bonds is 4. The highest BCUT2D eigenvalue weighted by atomic mass is 32.2. The largest absolute Gasteiger partial charge is 0.298 e. The maximum Gasteiger partial charge on any atom is 0.243 e. The second-order valence-corrected chi connectivity index (χ2v) is 7.25. The average molecular weight is 313 g/mol. The van der Waals surface area contributed by atoms with Gasteiger partial charge in [0.15, 0.2) is 5.78 Å². The number of ketones is 1. The quantitative estimate of drug-likeness (QED) is 0.858. The zero-order chi connectivity index (χ0) is 15.6. The Kier molecular flexibility index (Phi) is 4.78. The monoisotopic (exact) mass is 313 g/mol. The zero-order valence-corrected chi connectivity index (χ0v) is 13.1. The molecule has 21 heavy (non-hydrogen) atoms. The van der Waals surface area contributed by atoms with Gasteiger partial charge in [-0.25, -0.2) is 12.8 Å². The van der Waals surface area contributed by atoms with E-state index in [1.165, 1.54) is 16.4 Å². The molecule has 6 heteroatoms. The molecule has 1 aliphatic rings. The number of aryl methyl sites for hydroxylation is 1. The Labute approximate surface area is 125 Å². The average Bonchev–Trinajstić information content (AvgIpc) is 2.49. The third kappa shape index (κ3) is 3.16. The summed E-state index contributed by atoms with van der Waals surface area (Å²) < 4.78 is 40.3. The Hall–Kier alpha value is -1.27. The fourth-order valence-electron chi connectivity index (χ4n) is 2.62. The van der Waals surface area contributed by atoms with Gasteiger partial charge in [0.25, 0.3) is 0 Å². The summed E-state index contributed by atoms with van der Waals surface area (Å²) in [5.74, 6) is -0.627. The summed E-state index contributed by atoms with van der Waals surface area (Å²) in [5, 5.41) is 0. The molecule has 1 aromatic rings. The summed E-state index contributed by atoms with van der Waals surface area (Å²) in [7, 11) is -3.83. The van der Waals surface area contributed by atoms with Crippen LogP contribution in [0.4, 0.5) is 4.39 Å². The first-order valence-corrected chi connectivity index (χ1v) is 8.62. The van der Waals surface area contributed by atoms with Gasteiger partial charge in [-0.2, -0.15) is 4.31 Å². The molecule has 0 aromatic heterocycles. The van der Waals surface area contributed by atoms with Crippen LogP contribution in [0.2, 0.25) is 0 Å². The van der Waals surface area contributed by atoms with E-state index in [4.69, 9.17) is 0 Å². The topological polar surface area (TPSA) is 54.5 Å². The van der Waals surface area contributed by atoms with Gasteiger partial charge in [-0.3, -0.25) is 4.79 Å². The fraction of sp³-hybridized carbons (Fsp3) is 0.533. The van der Waals surface area contributed by atoms with E-state index in [0.717, 1.165) is 18.9 Å². The van der Waals surface area contributed by atoms with Crippen LogP contribution in [0.5, 0.6) is 0 Å². The van der Waals surface area contributed by atoms with E-state index in [1.54, 1.807) is 13.8 Å². The van der Waals surface area contributed by atoms with Crippen LogP contribution in [-0.4, -0.2) is 31.1 Å². The van der Waals surface area contributed by atoms with Crippen molar-refractivity contribution >= 4 is 15.8 Å². The van der Waals surface area contributed by atoms with Gasteiger partial charge >= 0.3 is 0 Å².